The van der Waals surface area contributed by atoms with E-state index in [2.05, 4.69) is 5.32 Å². The molecule has 2 rings (SSSR count). The van der Waals surface area contributed by atoms with Gasteiger partial charge in [0.2, 0.25) is 0 Å². The first-order valence-electron chi connectivity index (χ1n) is 6.49. The molecule has 4 nitrogen and oxygen atoms in total. The number of rotatable bonds is 5. The maximum atomic E-state index is 11.9. The van der Waals surface area contributed by atoms with E-state index in [0.29, 0.717) is 11.6 Å². The molecule has 1 heterocycles. The number of anilines is 1. The van der Waals surface area contributed by atoms with E-state index in [0.717, 1.165) is 17.0 Å². The van der Waals surface area contributed by atoms with Gasteiger partial charge < -0.3 is 15.1 Å². The number of hydrogen-bond acceptors (Lipinski definition) is 2. The summed E-state index contributed by atoms with van der Waals surface area (Å²) in [4.78, 5) is 11.9. The number of furan rings is 1. The third-order valence-electron chi connectivity index (χ3n) is 3.12. The van der Waals surface area contributed by atoms with E-state index in [1.807, 2.05) is 37.4 Å². The summed E-state index contributed by atoms with van der Waals surface area (Å²) in [6.07, 6.45) is 1.63. The Balaban J connectivity index is 1.88. The van der Waals surface area contributed by atoms with Gasteiger partial charge in [0, 0.05) is 10.7 Å². The van der Waals surface area contributed by atoms with Crippen LogP contribution in [0.15, 0.2) is 41.0 Å². The molecule has 0 aliphatic heterocycles. The molecular weight excluding hydrogens is 276 g/mol. The monoisotopic (exact) mass is 293 g/mol. The van der Waals surface area contributed by atoms with Crippen LogP contribution in [0.25, 0.3) is 0 Å². The highest BCUT2D eigenvalue weighted by Crippen LogP contribution is 2.19. The van der Waals surface area contributed by atoms with Crippen molar-refractivity contribution in [2.24, 2.45) is 0 Å². The third-order valence-corrected chi connectivity index (χ3v) is 3.36. The van der Waals surface area contributed by atoms with Crippen LogP contribution in [0.5, 0.6) is 0 Å². The number of halogens is 1. The van der Waals surface area contributed by atoms with Gasteiger partial charge in [-0.15, -0.1) is 0 Å². The SMILES string of the molecule is Cc1ccc(Cl)cc1NC(=O)C[NH2+][C@@H](C)c1ccco1. The van der Waals surface area contributed by atoms with Crippen molar-refractivity contribution >= 4 is 23.2 Å². The Morgan fingerprint density at radius 3 is 2.95 bits per heavy atom. The lowest BCUT2D eigenvalue weighted by atomic mass is 10.2. The fourth-order valence-electron chi connectivity index (χ4n) is 1.88. The highest BCUT2D eigenvalue weighted by Gasteiger charge is 2.14. The van der Waals surface area contributed by atoms with Crippen molar-refractivity contribution in [3.8, 4) is 0 Å². The summed E-state index contributed by atoms with van der Waals surface area (Å²) in [6, 6.07) is 9.29. The van der Waals surface area contributed by atoms with Gasteiger partial charge in [-0.3, -0.25) is 4.79 Å². The molecule has 2 aromatic rings. The second-order valence-electron chi connectivity index (χ2n) is 4.75. The highest BCUT2D eigenvalue weighted by molar-refractivity contribution is 6.31. The average Bonchev–Trinajstić information content (AvgIpc) is 2.94. The molecule has 0 saturated carbocycles. The Bertz CT molecular complexity index is 582. The van der Waals surface area contributed by atoms with Crippen molar-refractivity contribution < 1.29 is 14.5 Å². The molecule has 0 radical (unpaired) electrons. The summed E-state index contributed by atoms with van der Waals surface area (Å²) in [6.45, 7) is 4.26. The molecular formula is C15H18ClN2O2+. The van der Waals surface area contributed by atoms with E-state index in [1.54, 1.807) is 18.4 Å². The van der Waals surface area contributed by atoms with Gasteiger partial charge in [0.1, 0.15) is 6.04 Å². The van der Waals surface area contributed by atoms with Crippen LogP contribution in [0.2, 0.25) is 5.02 Å². The number of carbonyl (C=O) groups is 1. The zero-order valence-corrected chi connectivity index (χ0v) is 12.3. The smallest absolute Gasteiger partial charge is 0.279 e. The second-order valence-corrected chi connectivity index (χ2v) is 5.19. The number of hydrogen-bond donors (Lipinski definition) is 2. The van der Waals surface area contributed by atoms with Gasteiger partial charge in [-0.1, -0.05) is 17.7 Å². The van der Waals surface area contributed by atoms with E-state index in [4.69, 9.17) is 16.0 Å². The van der Waals surface area contributed by atoms with Crippen LogP contribution in [-0.2, 0) is 4.79 Å². The van der Waals surface area contributed by atoms with Crippen LogP contribution in [-0.4, -0.2) is 12.5 Å². The van der Waals surface area contributed by atoms with E-state index in [1.165, 1.54) is 0 Å². The minimum Gasteiger partial charge on any atom is -0.463 e. The van der Waals surface area contributed by atoms with E-state index in [-0.39, 0.29) is 11.9 Å². The van der Waals surface area contributed by atoms with Crippen LogP contribution in [0, 0.1) is 6.92 Å². The summed E-state index contributed by atoms with van der Waals surface area (Å²) in [5, 5.41) is 5.40. The average molecular weight is 294 g/mol. The van der Waals surface area contributed by atoms with Gasteiger partial charge in [-0.05, 0) is 43.7 Å². The molecule has 1 atom stereocenters. The first kappa shape index (κ1) is 14.6. The first-order chi connectivity index (χ1) is 9.56. The molecule has 106 valence electrons. The Morgan fingerprint density at radius 1 is 1.45 bits per heavy atom. The summed E-state index contributed by atoms with van der Waals surface area (Å²) >= 11 is 5.92. The highest BCUT2D eigenvalue weighted by atomic mass is 35.5. The quantitative estimate of drug-likeness (QED) is 0.890. The van der Waals surface area contributed by atoms with Gasteiger partial charge in [-0.2, -0.15) is 0 Å². The third kappa shape index (κ3) is 3.85. The second kappa shape index (κ2) is 6.59. The van der Waals surface area contributed by atoms with Crippen LogP contribution in [0.4, 0.5) is 5.69 Å². The Morgan fingerprint density at radius 2 is 2.25 bits per heavy atom. The zero-order chi connectivity index (χ0) is 14.5. The lowest BCUT2D eigenvalue weighted by molar-refractivity contribution is -0.684. The summed E-state index contributed by atoms with van der Waals surface area (Å²) in [5.74, 6) is 0.797. The molecule has 3 N–H and O–H groups in total. The molecule has 0 aliphatic rings. The van der Waals surface area contributed by atoms with E-state index >= 15 is 0 Å². The molecule has 20 heavy (non-hydrogen) atoms. The van der Waals surface area contributed by atoms with Crippen molar-refractivity contribution in [3.05, 3.63) is 52.9 Å². The van der Waals surface area contributed by atoms with E-state index < -0.39 is 0 Å². The van der Waals surface area contributed by atoms with Crippen LogP contribution in [0.1, 0.15) is 24.3 Å². The summed E-state index contributed by atoms with van der Waals surface area (Å²) in [7, 11) is 0. The van der Waals surface area contributed by atoms with Gasteiger partial charge in [-0.25, -0.2) is 0 Å². The maximum absolute atomic E-state index is 11.9. The topological polar surface area (TPSA) is 58.9 Å². The number of nitrogens with one attached hydrogen (secondary N) is 1. The lowest BCUT2D eigenvalue weighted by Crippen LogP contribution is -2.86. The molecule has 1 amide bonds. The van der Waals surface area contributed by atoms with Crippen molar-refractivity contribution in [1.82, 2.24) is 0 Å². The Kier molecular flexibility index (Phi) is 4.82. The number of aryl methyl sites for hydroxylation is 1. The number of nitrogens with two attached hydrogens (primary N) is 1. The standard InChI is InChI=1S/C15H17ClN2O2/c1-10-5-6-12(16)8-13(10)18-15(19)9-17-11(2)14-4-3-7-20-14/h3-8,11,17H,9H2,1-2H3,(H,18,19)/p+1/t11-/m0/s1. The predicted octanol–water partition coefficient (Wildman–Crippen LogP) is 2.50. The fraction of sp³-hybridized carbons (Fsp3) is 0.267. The minimum absolute atomic E-state index is 0.0613. The van der Waals surface area contributed by atoms with Crippen molar-refractivity contribution in [1.29, 1.82) is 0 Å². The van der Waals surface area contributed by atoms with Gasteiger partial charge in [0.05, 0.1) is 6.26 Å². The first-order valence-corrected chi connectivity index (χ1v) is 6.87. The van der Waals surface area contributed by atoms with Gasteiger partial charge in [0.25, 0.3) is 5.91 Å². The predicted molar refractivity (Wildman–Crippen MR) is 78.7 cm³/mol. The molecule has 0 aliphatic carbocycles. The van der Waals surface area contributed by atoms with Gasteiger partial charge >= 0.3 is 0 Å². The van der Waals surface area contributed by atoms with Crippen LogP contribution < -0.4 is 10.6 Å². The normalized spacial score (nSPS) is 12.2. The molecule has 0 fully saturated rings. The summed E-state index contributed by atoms with van der Waals surface area (Å²) in [5.41, 5.74) is 1.74. The number of quaternary nitrogens is 1. The number of benzene rings is 1. The molecule has 0 spiro atoms. The van der Waals surface area contributed by atoms with Gasteiger partial charge in [0.15, 0.2) is 12.3 Å². The maximum Gasteiger partial charge on any atom is 0.279 e. The fourth-order valence-corrected chi connectivity index (χ4v) is 2.05. The largest absolute Gasteiger partial charge is 0.463 e. The number of carbonyl (C=O) groups excluding carboxylic acids is 1. The van der Waals surface area contributed by atoms with Crippen LogP contribution >= 0.6 is 11.6 Å². The minimum atomic E-state index is -0.0613. The Labute approximate surface area is 123 Å². The van der Waals surface area contributed by atoms with Crippen LogP contribution in [0.3, 0.4) is 0 Å². The van der Waals surface area contributed by atoms with E-state index in [9.17, 15) is 4.79 Å². The molecule has 0 saturated heterocycles. The molecule has 0 unspecified atom stereocenters. The molecule has 0 bridgehead atoms. The lowest BCUT2D eigenvalue weighted by Gasteiger charge is -2.10. The molecule has 1 aromatic heterocycles. The van der Waals surface area contributed by atoms with Crippen molar-refractivity contribution in [2.75, 3.05) is 11.9 Å². The molecule has 1 aromatic carbocycles. The summed E-state index contributed by atoms with van der Waals surface area (Å²) < 4.78 is 5.30. The Hall–Kier alpha value is -1.78. The van der Waals surface area contributed by atoms with Crippen molar-refractivity contribution in [3.63, 3.8) is 0 Å². The number of amides is 1. The van der Waals surface area contributed by atoms with Crippen molar-refractivity contribution in [2.45, 2.75) is 19.9 Å². The zero-order valence-electron chi connectivity index (χ0n) is 11.5. The molecule has 5 heteroatoms.